The predicted molar refractivity (Wildman–Crippen MR) is 72.5 cm³/mol. The molecule has 0 aliphatic carbocycles. The highest BCUT2D eigenvalue weighted by Gasteiger charge is 2.33. The molecule has 0 aliphatic rings. The first-order chi connectivity index (χ1) is 9.75. The van der Waals surface area contributed by atoms with E-state index in [4.69, 9.17) is 8.83 Å². The van der Waals surface area contributed by atoms with Gasteiger partial charge in [0.2, 0.25) is 10.0 Å². The summed E-state index contributed by atoms with van der Waals surface area (Å²) in [5.74, 6) is -0.772. The molecule has 2 heterocycles. The fourth-order valence-corrected chi connectivity index (χ4v) is 3.59. The lowest BCUT2D eigenvalue weighted by Gasteiger charge is -2.15. The normalized spacial score (nSPS) is 12.0. The van der Waals surface area contributed by atoms with Crippen LogP contribution in [0.2, 0.25) is 0 Å². The summed E-state index contributed by atoms with van der Waals surface area (Å²) in [7, 11) is -2.65. The monoisotopic (exact) mass is 313 g/mol. The van der Waals surface area contributed by atoms with Crippen molar-refractivity contribution < 1.29 is 27.2 Å². The zero-order chi connectivity index (χ0) is 15.8. The van der Waals surface area contributed by atoms with E-state index in [9.17, 15) is 18.3 Å². The lowest BCUT2D eigenvalue weighted by Crippen LogP contribution is -2.28. The van der Waals surface area contributed by atoms with Crippen molar-refractivity contribution in [2.24, 2.45) is 0 Å². The fraction of sp³-hybridized carbons (Fsp3) is 0.308. The Morgan fingerprint density at radius 3 is 2.52 bits per heavy atom. The van der Waals surface area contributed by atoms with Crippen LogP contribution >= 0.6 is 0 Å². The summed E-state index contributed by atoms with van der Waals surface area (Å²) in [4.78, 5) is 11.0. The van der Waals surface area contributed by atoms with E-state index in [1.807, 2.05) is 0 Å². The minimum Gasteiger partial charge on any atom is -0.478 e. The predicted octanol–water partition coefficient (Wildman–Crippen LogP) is 2.01. The summed E-state index contributed by atoms with van der Waals surface area (Å²) in [6, 6.07) is 3.28. The van der Waals surface area contributed by atoms with Gasteiger partial charge in [0, 0.05) is 7.05 Å². The van der Waals surface area contributed by atoms with Gasteiger partial charge in [0.1, 0.15) is 27.7 Å². The van der Waals surface area contributed by atoms with Crippen molar-refractivity contribution in [3.63, 3.8) is 0 Å². The smallest absolute Gasteiger partial charge is 0.340 e. The number of sulfonamides is 1. The minimum atomic E-state index is -4.00. The van der Waals surface area contributed by atoms with Crippen LogP contribution in [0.5, 0.6) is 0 Å². The van der Waals surface area contributed by atoms with Crippen LogP contribution in [0.15, 0.2) is 32.1 Å². The van der Waals surface area contributed by atoms with Crippen molar-refractivity contribution >= 4 is 16.0 Å². The molecule has 114 valence electrons. The largest absolute Gasteiger partial charge is 0.478 e. The second-order valence-electron chi connectivity index (χ2n) is 4.56. The Morgan fingerprint density at radius 2 is 2.00 bits per heavy atom. The van der Waals surface area contributed by atoms with Crippen molar-refractivity contribution in [1.29, 1.82) is 0 Å². The first-order valence-corrected chi connectivity index (χ1v) is 7.51. The molecule has 0 bridgehead atoms. The van der Waals surface area contributed by atoms with Gasteiger partial charge in [0.15, 0.2) is 0 Å². The Hall–Kier alpha value is -2.06. The molecule has 0 fully saturated rings. The minimum absolute atomic E-state index is 0.00192. The number of carboxylic acids is 1. The number of carbonyl (C=O) groups is 1. The van der Waals surface area contributed by atoms with Gasteiger partial charge < -0.3 is 13.9 Å². The number of hydrogen-bond acceptors (Lipinski definition) is 5. The molecule has 8 heteroatoms. The average molecular weight is 313 g/mol. The van der Waals surface area contributed by atoms with Gasteiger partial charge in [0.25, 0.3) is 0 Å². The first-order valence-electron chi connectivity index (χ1n) is 6.07. The number of carboxylic acid groups (broad SMARTS) is 1. The maximum absolute atomic E-state index is 12.6. The molecule has 0 aliphatic heterocycles. The Kier molecular flexibility index (Phi) is 3.93. The van der Waals surface area contributed by atoms with E-state index in [-0.39, 0.29) is 28.5 Å². The Bertz CT molecular complexity index is 757. The van der Waals surface area contributed by atoms with E-state index < -0.39 is 16.0 Å². The zero-order valence-corrected chi connectivity index (χ0v) is 12.6. The van der Waals surface area contributed by atoms with Crippen LogP contribution in [-0.4, -0.2) is 30.8 Å². The van der Waals surface area contributed by atoms with E-state index >= 15 is 0 Å². The highest BCUT2D eigenvalue weighted by atomic mass is 32.2. The quantitative estimate of drug-likeness (QED) is 0.906. The third-order valence-electron chi connectivity index (χ3n) is 3.05. The molecular formula is C13H15NO6S. The summed E-state index contributed by atoms with van der Waals surface area (Å²) < 4.78 is 36.5. The summed E-state index contributed by atoms with van der Waals surface area (Å²) >= 11 is 0. The topological polar surface area (TPSA) is 101 Å². The third kappa shape index (κ3) is 2.72. The summed E-state index contributed by atoms with van der Waals surface area (Å²) in [6.07, 6.45) is 1.44. The highest BCUT2D eigenvalue weighted by Crippen LogP contribution is 2.29. The molecule has 0 amide bonds. The van der Waals surface area contributed by atoms with Crippen molar-refractivity contribution in [2.45, 2.75) is 25.3 Å². The molecule has 2 aromatic heterocycles. The number of aromatic carboxylic acids is 1. The van der Waals surface area contributed by atoms with Crippen molar-refractivity contribution in [3.8, 4) is 0 Å². The fourth-order valence-electron chi connectivity index (χ4n) is 2.08. The van der Waals surface area contributed by atoms with Gasteiger partial charge in [-0.05, 0) is 26.0 Å². The number of furan rings is 2. The summed E-state index contributed by atoms with van der Waals surface area (Å²) in [5.41, 5.74) is -0.334. The van der Waals surface area contributed by atoms with Crippen LogP contribution in [0.3, 0.4) is 0 Å². The Morgan fingerprint density at radius 1 is 1.33 bits per heavy atom. The maximum atomic E-state index is 12.6. The van der Waals surface area contributed by atoms with Gasteiger partial charge in [-0.15, -0.1) is 0 Å². The van der Waals surface area contributed by atoms with Crippen LogP contribution in [0, 0.1) is 13.8 Å². The molecule has 0 saturated carbocycles. The molecule has 0 radical (unpaired) electrons. The number of rotatable bonds is 5. The summed E-state index contributed by atoms with van der Waals surface area (Å²) in [5, 5.41) is 9.20. The van der Waals surface area contributed by atoms with E-state index in [0.717, 1.165) is 4.31 Å². The molecule has 1 N–H and O–H groups in total. The van der Waals surface area contributed by atoms with Crippen LogP contribution in [0.25, 0.3) is 0 Å². The molecular weight excluding hydrogens is 298 g/mol. The second-order valence-corrected chi connectivity index (χ2v) is 6.55. The number of aryl methyl sites for hydroxylation is 2. The van der Waals surface area contributed by atoms with Gasteiger partial charge in [-0.25, -0.2) is 13.2 Å². The van der Waals surface area contributed by atoms with Crippen LogP contribution in [0.1, 0.15) is 27.6 Å². The molecule has 0 spiro atoms. The molecule has 2 aromatic rings. The van der Waals surface area contributed by atoms with E-state index in [2.05, 4.69) is 0 Å². The van der Waals surface area contributed by atoms with Crippen LogP contribution < -0.4 is 0 Å². The number of nitrogens with zero attached hydrogens (tertiary/aromatic N) is 1. The molecule has 2 rings (SSSR count). The molecule has 0 unspecified atom stereocenters. The molecule has 0 atom stereocenters. The lowest BCUT2D eigenvalue weighted by atomic mass is 10.2. The zero-order valence-electron chi connectivity index (χ0n) is 11.8. The van der Waals surface area contributed by atoms with Crippen LogP contribution in [-0.2, 0) is 16.6 Å². The maximum Gasteiger partial charge on any atom is 0.340 e. The molecule has 0 aromatic carbocycles. The van der Waals surface area contributed by atoms with Crippen molar-refractivity contribution in [2.75, 3.05) is 7.05 Å². The summed E-state index contributed by atoms with van der Waals surface area (Å²) in [6.45, 7) is 2.84. The number of hydrogen-bond donors (Lipinski definition) is 1. The van der Waals surface area contributed by atoms with E-state index in [1.54, 1.807) is 12.1 Å². The van der Waals surface area contributed by atoms with E-state index in [1.165, 1.54) is 27.2 Å². The van der Waals surface area contributed by atoms with Crippen molar-refractivity contribution in [1.82, 2.24) is 4.31 Å². The third-order valence-corrected chi connectivity index (χ3v) is 5.00. The second kappa shape index (κ2) is 5.38. The van der Waals surface area contributed by atoms with Gasteiger partial charge in [-0.1, -0.05) is 0 Å². The average Bonchev–Trinajstić information content (AvgIpc) is 2.96. The Labute approximate surface area is 121 Å². The van der Waals surface area contributed by atoms with Gasteiger partial charge in [-0.3, -0.25) is 0 Å². The lowest BCUT2D eigenvalue weighted by molar-refractivity contribution is 0.0691. The van der Waals surface area contributed by atoms with Crippen molar-refractivity contribution in [3.05, 3.63) is 41.2 Å². The van der Waals surface area contributed by atoms with Gasteiger partial charge in [0.05, 0.1) is 12.8 Å². The Balaban J connectivity index is 2.47. The van der Waals surface area contributed by atoms with Crippen LogP contribution in [0.4, 0.5) is 0 Å². The van der Waals surface area contributed by atoms with Gasteiger partial charge >= 0.3 is 5.97 Å². The highest BCUT2D eigenvalue weighted by molar-refractivity contribution is 7.89. The first kappa shape index (κ1) is 15.3. The molecule has 7 nitrogen and oxygen atoms in total. The SMILES string of the molecule is Cc1oc(C)c(S(=O)(=O)N(C)Cc2ccco2)c1C(=O)O. The van der Waals surface area contributed by atoms with Gasteiger partial charge in [-0.2, -0.15) is 4.31 Å². The standard InChI is InChI=1S/C13H15NO6S/c1-8-11(13(15)16)12(9(2)20-8)21(17,18)14(3)7-10-5-4-6-19-10/h4-6H,7H2,1-3H3,(H,15,16). The van der Waals surface area contributed by atoms with E-state index in [0.29, 0.717) is 5.76 Å². The molecule has 21 heavy (non-hydrogen) atoms. The molecule has 0 saturated heterocycles.